The number of H-pyrrole nitrogens is 2. The number of carbonyl (C=O) groups excluding carboxylic acids is 2. The molecule has 0 spiro atoms. The predicted octanol–water partition coefficient (Wildman–Crippen LogP) is 5.19. The Morgan fingerprint density at radius 3 is 1.67 bits per heavy atom. The molecule has 16 heteroatoms. The number of nitrogens with one attached hydrogen (secondary N) is 6. The highest BCUT2D eigenvalue weighted by atomic mass is 16.2. The SMILES string of the molecule is CCNC(=O)c1cccc(N2C=C(Nc3cc(C4CC4)[nH]n3)[N+]3C=CN=C3C2)c1.CNC(=O)c1cccc(N2C=C(Nc3cc(C4CC4)[nH]n3)[N+]3C=CN=C3C2)c1. The van der Waals surface area contributed by atoms with Gasteiger partial charge in [-0.1, -0.05) is 12.1 Å². The minimum absolute atomic E-state index is 0.0701. The molecule has 6 heterocycles. The second-order valence-corrected chi connectivity index (χ2v) is 14.5. The highest BCUT2D eigenvalue weighted by molar-refractivity contribution is 5.99. The van der Waals surface area contributed by atoms with Crippen molar-refractivity contribution in [3.63, 3.8) is 0 Å². The lowest BCUT2D eigenvalue weighted by atomic mass is 10.1. The predicted molar refractivity (Wildman–Crippen MR) is 221 cm³/mol. The maximum absolute atomic E-state index is 12.2. The Balaban J connectivity index is 0.000000148. The quantitative estimate of drug-likeness (QED) is 0.113. The van der Waals surface area contributed by atoms with Crippen molar-refractivity contribution in [2.24, 2.45) is 9.98 Å². The third-order valence-corrected chi connectivity index (χ3v) is 10.3. The molecule has 6 aliphatic rings. The molecular formula is C41H44N14O2+2. The van der Waals surface area contributed by atoms with E-state index in [1.165, 1.54) is 37.1 Å². The summed E-state index contributed by atoms with van der Waals surface area (Å²) >= 11 is 0. The number of carbonyl (C=O) groups is 2. The highest BCUT2D eigenvalue weighted by Crippen LogP contribution is 2.40. The molecule has 2 fully saturated rings. The molecule has 2 saturated carbocycles. The molecule has 16 nitrogen and oxygen atoms in total. The van der Waals surface area contributed by atoms with Gasteiger partial charge in [-0.25, -0.2) is 0 Å². The number of amidine groups is 2. The first kappa shape index (κ1) is 35.9. The summed E-state index contributed by atoms with van der Waals surface area (Å²) in [4.78, 5) is 41.4. The number of hydrogen-bond acceptors (Lipinski definition) is 12. The van der Waals surface area contributed by atoms with E-state index in [2.05, 4.69) is 73.6 Å². The number of aliphatic imine (C=N–C) groups is 2. The summed E-state index contributed by atoms with van der Waals surface area (Å²) < 4.78 is 0. The van der Waals surface area contributed by atoms with E-state index in [9.17, 15) is 9.59 Å². The van der Waals surface area contributed by atoms with Crippen LogP contribution in [0.15, 0.2) is 119 Å². The monoisotopic (exact) mass is 764 g/mol. The summed E-state index contributed by atoms with van der Waals surface area (Å²) in [5.74, 6) is 6.19. The van der Waals surface area contributed by atoms with Crippen LogP contribution in [0.1, 0.15) is 76.5 Å². The van der Waals surface area contributed by atoms with Crippen LogP contribution in [-0.2, 0) is 0 Å². The third kappa shape index (κ3) is 7.85. The van der Waals surface area contributed by atoms with Crippen molar-refractivity contribution in [1.82, 2.24) is 40.8 Å². The molecule has 0 atom stereocenters. The Morgan fingerprint density at radius 1 is 0.719 bits per heavy atom. The third-order valence-electron chi connectivity index (χ3n) is 10.3. The fourth-order valence-corrected chi connectivity index (χ4v) is 7.00. The maximum Gasteiger partial charge on any atom is 0.284 e. The second kappa shape index (κ2) is 15.4. The standard InChI is InChI=1S/C21H23N7O.C20H21N7O/c1-2-22-21(29)15-4-3-5-16(10-15)27-12-19-23-8-9-28(19)20(13-27)24-18-11-17(25-26-18)14-6-7-14;1-21-20(28)14-3-2-4-15(9-14)26-11-18-22-7-8-27(18)19(12-26)23-17-10-16(24-25-17)13-5-6-13/h3-5,8-11,13-14H,2,6-7,12H2,1H3,(H,22,29)(H2,24,25,26);2-4,7-10,12-13H,5-6,11H2,1H3,(H,21,28)(H2,23,24,25)/q2*+1. The first-order valence-corrected chi connectivity index (χ1v) is 19.3. The van der Waals surface area contributed by atoms with Crippen molar-refractivity contribution in [3.05, 3.63) is 132 Å². The second-order valence-electron chi connectivity index (χ2n) is 14.5. The number of aromatic nitrogens is 4. The van der Waals surface area contributed by atoms with Crippen molar-refractivity contribution < 1.29 is 9.59 Å². The number of anilines is 4. The van der Waals surface area contributed by atoms with Gasteiger partial charge in [-0.3, -0.25) is 30.4 Å². The number of aromatic amines is 2. The summed E-state index contributed by atoms with van der Waals surface area (Å²) in [6, 6.07) is 19.3. The summed E-state index contributed by atoms with van der Waals surface area (Å²) in [6.45, 7) is 3.75. The van der Waals surface area contributed by atoms with Crippen LogP contribution in [0.3, 0.4) is 0 Å². The molecule has 2 aliphatic carbocycles. The molecule has 2 amide bonds. The van der Waals surface area contributed by atoms with Crippen molar-refractivity contribution in [2.75, 3.05) is 47.1 Å². The molecule has 0 unspecified atom stereocenters. The van der Waals surface area contributed by atoms with Crippen LogP contribution in [0.25, 0.3) is 0 Å². The average molecular weight is 765 g/mol. The number of nitrogens with zero attached hydrogens (tertiary/aromatic N) is 8. The van der Waals surface area contributed by atoms with E-state index in [0.717, 1.165) is 46.3 Å². The Kier molecular flexibility index (Phi) is 9.69. The average Bonchev–Trinajstić information content (AvgIpc) is 4.01. The minimum atomic E-state index is -0.105. The number of amides is 2. The molecule has 6 N–H and O–H groups in total. The van der Waals surface area contributed by atoms with Gasteiger partial charge in [0, 0.05) is 71.5 Å². The molecule has 0 saturated heterocycles. The fourth-order valence-electron chi connectivity index (χ4n) is 7.00. The van der Waals surface area contributed by atoms with E-state index in [-0.39, 0.29) is 11.8 Å². The van der Waals surface area contributed by atoms with Crippen LogP contribution in [0.5, 0.6) is 0 Å². The molecular weight excluding hydrogens is 721 g/mol. The molecule has 57 heavy (non-hydrogen) atoms. The van der Waals surface area contributed by atoms with Gasteiger partial charge >= 0.3 is 0 Å². The lowest BCUT2D eigenvalue weighted by Gasteiger charge is -2.25. The van der Waals surface area contributed by atoms with Crippen LogP contribution < -0.4 is 40.9 Å². The van der Waals surface area contributed by atoms with Crippen molar-refractivity contribution >= 4 is 46.5 Å². The fraction of sp³-hybridized carbons (Fsp3) is 0.268. The first-order valence-electron chi connectivity index (χ1n) is 19.3. The number of benzene rings is 2. The Hall–Kier alpha value is -6.78. The van der Waals surface area contributed by atoms with Crippen LogP contribution in [0.2, 0.25) is 0 Å². The number of rotatable bonds is 11. The van der Waals surface area contributed by atoms with Crippen molar-refractivity contribution in [1.29, 1.82) is 0 Å². The van der Waals surface area contributed by atoms with Gasteiger partial charge in [-0.15, -0.1) is 0 Å². The first-order chi connectivity index (χ1) is 27.9. The van der Waals surface area contributed by atoms with E-state index in [1.807, 2.05) is 84.0 Å². The number of hydrogen-bond donors (Lipinski definition) is 6. The largest absolute Gasteiger partial charge is 0.355 e. The lowest BCUT2D eigenvalue weighted by Crippen LogP contribution is -2.45. The van der Waals surface area contributed by atoms with Crippen LogP contribution in [0.4, 0.5) is 23.0 Å². The van der Waals surface area contributed by atoms with E-state index < -0.39 is 0 Å². The Labute approximate surface area is 329 Å². The Bertz CT molecular complexity index is 2380. The van der Waals surface area contributed by atoms with Gasteiger partial charge in [-0.2, -0.15) is 20.2 Å². The molecule has 2 aromatic heterocycles. The summed E-state index contributed by atoms with van der Waals surface area (Å²) in [5, 5.41) is 27.4. The molecule has 4 aromatic rings. The van der Waals surface area contributed by atoms with Gasteiger partial charge < -0.3 is 20.4 Å². The Morgan fingerprint density at radius 2 is 1.21 bits per heavy atom. The van der Waals surface area contributed by atoms with Crippen LogP contribution in [0, 0.1) is 0 Å². The van der Waals surface area contributed by atoms with E-state index in [0.29, 0.717) is 42.6 Å². The maximum atomic E-state index is 12.2. The zero-order valence-electron chi connectivity index (χ0n) is 31.7. The molecule has 0 bridgehead atoms. The van der Waals surface area contributed by atoms with Gasteiger partial charge in [-0.05, 0) is 78.8 Å². The topological polar surface area (TPSA) is 183 Å². The minimum Gasteiger partial charge on any atom is -0.355 e. The van der Waals surface area contributed by atoms with Gasteiger partial charge in [0.1, 0.15) is 13.1 Å². The van der Waals surface area contributed by atoms with Gasteiger partial charge in [0.05, 0.1) is 24.8 Å². The lowest BCUT2D eigenvalue weighted by molar-refractivity contribution is 0.0950. The summed E-state index contributed by atoms with van der Waals surface area (Å²) in [6.07, 6.45) is 16.4. The van der Waals surface area contributed by atoms with Gasteiger partial charge in [0.25, 0.3) is 35.1 Å². The van der Waals surface area contributed by atoms with Crippen molar-refractivity contribution in [2.45, 2.75) is 44.4 Å². The van der Waals surface area contributed by atoms with Crippen LogP contribution >= 0.6 is 0 Å². The highest BCUT2D eigenvalue weighted by Gasteiger charge is 2.39. The molecule has 2 radical (unpaired) electrons. The van der Waals surface area contributed by atoms with E-state index in [1.54, 1.807) is 25.5 Å². The van der Waals surface area contributed by atoms with E-state index >= 15 is 0 Å². The summed E-state index contributed by atoms with van der Waals surface area (Å²) in [5.41, 5.74) is 5.49. The molecule has 10 rings (SSSR count). The normalized spacial score (nSPS) is 18.4. The zero-order chi connectivity index (χ0) is 38.9. The molecule has 4 aliphatic heterocycles. The zero-order valence-corrected chi connectivity index (χ0v) is 31.7. The molecule has 2 aromatic carbocycles. The summed E-state index contributed by atoms with van der Waals surface area (Å²) in [7, 11) is 1.63. The van der Waals surface area contributed by atoms with Gasteiger partial charge in [0.2, 0.25) is 0 Å². The van der Waals surface area contributed by atoms with Gasteiger partial charge in [0.15, 0.2) is 24.0 Å². The smallest absolute Gasteiger partial charge is 0.284 e. The van der Waals surface area contributed by atoms with Crippen LogP contribution in [-0.4, -0.2) is 70.6 Å². The number of fused-ring (bicyclic) bond motifs is 2. The van der Waals surface area contributed by atoms with Crippen molar-refractivity contribution in [3.8, 4) is 0 Å². The molecule has 288 valence electrons. The van der Waals surface area contributed by atoms with E-state index in [4.69, 9.17) is 0 Å².